The van der Waals surface area contributed by atoms with Crippen LogP contribution in [0.25, 0.3) is 10.8 Å². The van der Waals surface area contributed by atoms with Crippen LogP contribution in [-0.4, -0.2) is 32.8 Å². The molecular weight excluding hydrogens is 406 g/mol. The van der Waals surface area contributed by atoms with Crippen LogP contribution < -0.4 is 4.90 Å². The Labute approximate surface area is 176 Å². The summed E-state index contributed by atoms with van der Waals surface area (Å²) in [5.41, 5.74) is 0.894. The van der Waals surface area contributed by atoms with Gasteiger partial charge in [-0.2, -0.15) is 0 Å². The second-order valence-electron chi connectivity index (χ2n) is 6.91. The number of thioether (sulfide) groups is 1. The average Bonchev–Trinajstić information content (AvgIpc) is 3.55. The van der Waals surface area contributed by atoms with Gasteiger partial charge in [0.2, 0.25) is 11.8 Å². The van der Waals surface area contributed by atoms with E-state index in [1.165, 1.54) is 19.3 Å². The highest BCUT2D eigenvalue weighted by molar-refractivity contribution is 7.98. The average molecular weight is 428 g/mol. The number of piperidine rings is 1. The van der Waals surface area contributed by atoms with Crippen molar-refractivity contribution in [2.45, 2.75) is 36.7 Å². The van der Waals surface area contributed by atoms with Crippen LogP contribution in [-0.2, 0) is 12.3 Å². The normalized spacial score (nSPS) is 14.6. The van der Waals surface area contributed by atoms with Crippen LogP contribution in [0, 0.1) is 0 Å². The van der Waals surface area contributed by atoms with Gasteiger partial charge in [0.25, 0.3) is 0 Å². The van der Waals surface area contributed by atoms with Gasteiger partial charge < -0.3 is 13.7 Å². The van der Waals surface area contributed by atoms with Crippen LogP contribution in [0.5, 0.6) is 0 Å². The molecule has 1 fully saturated rings. The van der Waals surface area contributed by atoms with Gasteiger partial charge in [-0.3, -0.25) is 4.57 Å². The van der Waals surface area contributed by atoms with Crippen molar-refractivity contribution in [3.05, 3.63) is 53.6 Å². The minimum Gasteiger partial charge on any atom is -0.467 e. The Bertz CT molecular complexity index is 1030. The molecule has 4 aromatic heterocycles. The van der Waals surface area contributed by atoms with E-state index < -0.39 is 0 Å². The van der Waals surface area contributed by atoms with E-state index >= 15 is 0 Å². The number of oxazole rings is 1. The largest absolute Gasteiger partial charge is 0.467 e. The molecule has 0 aliphatic carbocycles. The first-order chi connectivity index (χ1) is 14.4. The monoisotopic (exact) mass is 427 g/mol. The van der Waals surface area contributed by atoms with Crippen LogP contribution in [0.15, 0.2) is 56.2 Å². The minimum atomic E-state index is 0.618. The van der Waals surface area contributed by atoms with Crippen LogP contribution >= 0.6 is 23.1 Å². The van der Waals surface area contributed by atoms with Gasteiger partial charge >= 0.3 is 0 Å². The van der Waals surface area contributed by atoms with E-state index in [4.69, 9.17) is 8.83 Å². The van der Waals surface area contributed by atoms with Crippen molar-refractivity contribution in [1.29, 1.82) is 0 Å². The summed E-state index contributed by atoms with van der Waals surface area (Å²) in [7, 11) is 0. The zero-order valence-electron chi connectivity index (χ0n) is 15.9. The Hall–Kier alpha value is -2.52. The Morgan fingerprint density at radius 1 is 1.07 bits per heavy atom. The van der Waals surface area contributed by atoms with Crippen LogP contribution in [0.2, 0.25) is 0 Å². The number of hydrogen-bond acceptors (Lipinski definition) is 8. The van der Waals surface area contributed by atoms with Gasteiger partial charge in [0.1, 0.15) is 12.0 Å². The van der Waals surface area contributed by atoms with E-state index in [0.29, 0.717) is 18.2 Å². The summed E-state index contributed by atoms with van der Waals surface area (Å²) >= 11 is 3.24. The summed E-state index contributed by atoms with van der Waals surface area (Å²) in [6, 6.07) is 7.91. The molecular formula is C20H21N5O2S2. The van der Waals surface area contributed by atoms with Crippen LogP contribution in [0.1, 0.15) is 30.7 Å². The minimum absolute atomic E-state index is 0.618. The maximum atomic E-state index is 5.63. The number of nitrogens with zero attached hydrogens (tertiary/aromatic N) is 5. The highest BCUT2D eigenvalue weighted by Gasteiger charge is 2.21. The fraction of sp³-hybridized carbons (Fsp3) is 0.350. The molecule has 7 nitrogen and oxygen atoms in total. The van der Waals surface area contributed by atoms with E-state index in [1.54, 1.807) is 35.6 Å². The van der Waals surface area contributed by atoms with E-state index in [9.17, 15) is 0 Å². The highest BCUT2D eigenvalue weighted by Crippen LogP contribution is 2.29. The molecule has 1 aliphatic heterocycles. The van der Waals surface area contributed by atoms with Crippen molar-refractivity contribution in [2.75, 3.05) is 18.0 Å². The smallest absolute Gasteiger partial charge is 0.236 e. The fourth-order valence-electron chi connectivity index (χ4n) is 3.44. The number of furan rings is 1. The summed E-state index contributed by atoms with van der Waals surface area (Å²) in [5.74, 6) is 3.15. The second kappa shape index (κ2) is 8.46. The Morgan fingerprint density at radius 3 is 2.79 bits per heavy atom. The molecule has 4 aromatic rings. The summed E-state index contributed by atoms with van der Waals surface area (Å²) in [5, 5.41) is 11.9. The van der Waals surface area contributed by atoms with Gasteiger partial charge in [-0.05, 0) is 42.8 Å². The fourth-order valence-corrected chi connectivity index (χ4v) is 4.90. The zero-order chi connectivity index (χ0) is 19.5. The molecule has 0 unspecified atom stereocenters. The van der Waals surface area contributed by atoms with Crippen molar-refractivity contribution < 1.29 is 8.83 Å². The maximum Gasteiger partial charge on any atom is 0.236 e. The van der Waals surface area contributed by atoms with Crippen molar-refractivity contribution in [3.8, 4) is 10.8 Å². The molecule has 1 aliphatic rings. The van der Waals surface area contributed by atoms with Gasteiger partial charge in [-0.15, -0.1) is 21.5 Å². The summed E-state index contributed by atoms with van der Waals surface area (Å²) < 4.78 is 13.4. The molecule has 0 amide bonds. The third kappa shape index (κ3) is 4.11. The van der Waals surface area contributed by atoms with Gasteiger partial charge in [0, 0.05) is 18.8 Å². The molecule has 0 radical (unpaired) electrons. The van der Waals surface area contributed by atoms with E-state index in [1.807, 2.05) is 29.6 Å². The molecule has 0 spiro atoms. The Kier molecular flexibility index (Phi) is 5.40. The van der Waals surface area contributed by atoms with E-state index in [-0.39, 0.29) is 0 Å². The van der Waals surface area contributed by atoms with Gasteiger partial charge in [0.05, 0.1) is 23.4 Å². The van der Waals surface area contributed by atoms with Crippen LogP contribution in [0.3, 0.4) is 0 Å². The summed E-state index contributed by atoms with van der Waals surface area (Å²) in [6.45, 7) is 2.66. The number of rotatable bonds is 7. The predicted octanol–water partition coefficient (Wildman–Crippen LogP) is 4.92. The molecule has 0 N–H and O–H groups in total. The molecule has 29 heavy (non-hydrogen) atoms. The lowest BCUT2D eigenvalue weighted by Crippen LogP contribution is -2.32. The SMILES string of the molecule is c1coc(Cn2c(SCc3coc(-c4cccs4)n3)nnc2N2CCCCC2)c1. The number of anilines is 1. The number of hydrogen-bond donors (Lipinski definition) is 0. The number of thiophene rings is 1. The summed E-state index contributed by atoms with van der Waals surface area (Å²) in [4.78, 5) is 7.97. The first kappa shape index (κ1) is 18.5. The molecule has 0 bridgehead atoms. The van der Waals surface area contributed by atoms with E-state index in [0.717, 1.165) is 40.5 Å². The second-order valence-corrected chi connectivity index (χ2v) is 8.80. The molecule has 5 rings (SSSR count). The lowest BCUT2D eigenvalue weighted by atomic mass is 10.1. The molecule has 150 valence electrons. The molecule has 5 heterocycles. The lowest BCUT2D eigenvalue weighted by molar-refractivity contribution is 0.479. The van der Waals surface area contributed by atoms with Gasteiger partial charge in [-0.1, -0.05) is 17.8 Å². The third-order valence-electron chi connectivity index (χ3n) is 4.86. The molecule has 0 saturated carbocycles. The molecule has 0 atom stereocenters. The predicted molar refractivity (Wildman–Crippen MR) is 113 cm³/mol. The Morgan fingerprint density at radius 2 is 2.00 bits per heavy atom. The van der Waals surface area contributed by atoms with Crippen molar-refractivity contribution in [3.63, 3.8) is 0 Å². The first-order valence-corrected chi connectivity index (χ1v) is 11.5. The zero-order valence-corrected chi connectivity index (χ0v) is 17.5. The first-order valence-electron chi connectivity index (χ1n) is 9.68. The van der Waals surface area contributed by atoms with Crippen molar-refractivity contribution in [1.82, 2.24) is 19.7 Å². The third-order valence-corrected chi connectivity index (χ3v) is 6.72. The summed E-state index contributed by atoms with van der Waals surface area (Å²) in [6.07, 6.45) is 7.10. The number of aromatic nitrogens is 4. The van der Waals surface area contributed by atoms with Gasteiger partial charge in [0.15, 0.2) is 5.16 Å². The molecule has 9 heteroatoms. The highest BCUT2D eigenvalue weighted by atomic mass is 32.2. The van der Waals surface area contributed by atoms with Crippen LogP contribution in [0.4, 0.5) is 5.95 Å². The maximum absolute atomic E-state index is 5.63. The van der Waals surface area contributed by atoms with Crippen molar-refractivity contribution >= 4 is 29.0 Å². The molecule has 1 saturated heterocycles. The Balaban J connectivity index is 1.35. The topological polar surface area (TPSA) is 73.1 Å². The van der Waals surface area contributed by atoms with Crippen molar-refractivity contribution in [2.24, 2.45) is 0 Å². The molecule has 0 aromatic carbocycles. The lowest BCUT2D eigenvalue weighted by Gasteiger charge is -2.27. The van der Waals surface area contributed by atoms with Gasteiger partial charge in [-0.25, -0.2) is 4.98 Å². The van der Waals surface area contributed by atoms with E-state index in [2.05, 4.69) is 24.6 Å². The quantitative estimate of drug-likeness (QED) is 0.388. The standard InChI is InChI=1S/C20H21N5O2S2/c1-2-8-24(9-3-1)19-22-23-20(25(19)12-16-6-4-10-26-16)29-14-15-13-27-18(21-15)17-7-5-11-28-17/h4-7,10-11,13H,1-3,8-9,12,14H2.